The number of amides is 1. The minimum atomic E-state index is -1.06. The van der Waals surface area contributed by atoms with Crippen LogP contribution in [0.1, 0.15) is 30.1 Å². The lowest BCUT2D eigenvalue weighted by atomic mass is 10.2. The van der Waals surface area contributed by atoms with E-state index < -0.39 is 11.9 Å². The van der Waals surface area contributed by atoms with Crippen LogP contribution in [0.3, 0.4) is 0 Å². The van der Waals surface area contributed by atoms with Crippen molar-refractivity contribution in [3.63, 3.8) is 0 Å². The number of carboxylic acid groups (broad SMARTS) is 1. The SMILES string of the molecule is Cc1cc(C(=O)N(CC(=O)O)C(C)C)on1. The number of carbonyl (C=O) groups excluding carboxylic acids is 1. The van der Waals surface area contributed by atoms with Crippen molar-refractivity contribution in [1.29, 1.82) is 0 Å². The first-order valence-corrected chi connectivity index (χ1v) is 4.88. The standard InChI is InChI=1S/C10H14N2O4/c1-6(2)12(5-9(13)14)10(15)8-4-7(3)11-16-8/h4,6H,5H2,1-3H3,(H,13,14). The van der Waals surface area contributed by atoms with Gasteiger partial charge in [0.25, 0.3) is 5.91 Å². The summed E-state index contributed by atoms with van der Waals surface area (Å²) in [6.45, 7) is 4.82. The molecule has 1 aromatic rings. The van der Waals surface area contributed by atoms with E-state index in [1.165, 1.54) is 11.0 Å². The number of carboxylic acids is 1. The van der Waals surface area contributed by atoms with Crippen molar-refractivity contribution in [1.82, 2.24) is 10.1 Å². The van der Waals surface area contributed by atoms with Gasteiger partial charge in [-0.2, -0.15) is 0 Å². The van der Waals surface area contributed by atoms with Crippen molar-refractivity contribution in [2.45, 2.75) is 26.8 Å². The number of nitrogens with zero attached hydrogens (tertiary/aromatic N) is 2. The van der Waals surface area contributed by atoms with Crippen LogP contribution in [0.25, 0.3) is 0 Å². The van der Waals surface area contributed by atoms with Crippen LogP contribution in [0, 0.1) is 6.92 Å². The number of rotatable bonds is 4. The summed E-state index contributed by atoms with van der Waals surface area (Å²) in [6.07, 6.45) is 0. The number of aliphatic carboxylic acids is 1. The van der Waals surface area contributed by atoms with Crippen LogP contribution in [0.2, 0.25) is 0 Å². The van der Waals surface area contributed by atoms with Crippen molar-refractivity contribution in [3.8, 4) is 0 Å². The van der Waals surface area contributed by atoms with Crippen molar-refractivity contribution in [2.24, 2.45) is 0 Å². The van der Waals surface area contributed by atoms with Gasteiger partial charge in [0, 0.05) is 12.1 Å². The van der Waals surface area contributed by atoms with Crippen LogP contribution in [0.5, 0.6) is 0 Å². The summed E-state index contributed by atoms with van der Waals surface area (Å²) in [6, 6.07) is 1.27. The predicted molar refractivity (Wildman–Crippen MR) is 55.0 cm³/mol. The average molecular weight is 226 g/mol. The number of carbonyl (C=O) groups is 2. The summed E-state index contributed by atoms with van der Waals surface area (Å²) in [5.41, 5.74) is 0.586. The highest BCUT2D eigenvalue weighted by Gasteiger charge is 2.24. The molecule has 0 fully saturated rings. The molecule has 0 saturated carbocycles. The fourth-order valence-corrected chi connectivity index (χ4v) is 1.24. The molecule has 1 aromatic heterocycles. The Kier molecular flexibility index (Phi) is 3.65. The molecule has 6 nitrogen and oxygen atoms in total. The largest absolute Gasteiger partial charge is 0.480 e. The maximum atomic E-state index is 11.9. The van der Waals surface area contributed by atoms with E-state index >= 15 is 0 Å². The molecule has 88 valence electrons. The molecule has 1 N–H and O–H groups in total. The monoisotopic (exact) mass is 226 g/mol. The van der Waals surface area contributed by atoms with Crippen LogP contribution in [-0.2, 0) is 4.79 Å². The molecule has 0 spiro atoms. The molecule has 0 aliphatic carbocycles. The van der Waals surface area contributed by atoms with E-state index in [4.69, 9.17) is 9.63 Å². The van der Waals surface area contributed by atoms with Gasteiger partial charge in [-0.1, -0.05) is 5.16 Å². The normalized spacial score (nSPS) is 10.5. The zero-order valence-electron chi connectivity index (χ0n) is 9.43. The minimum absolute atomic E-state index is 0.0625. The molecule has 0 aliphatic heterocycles. The number of aromatic nitrogens is 1. The first kappa shape index (κ1) is 12.2. The summed E-state index contributed by atoms with van der Waals surface area (Å²) in [7, 11) is 0. The minimum Gasteiger partial charge on any atom is -0.480 e. The van der Waals surface area contributed by atoms with Gasteiger partial charge in [-0.05, 0) is 20.8 Å². The lowest BCUT2D eigenvalue weighted by Gasteiger charge is -2.23. The molecule has 0 aliphatic rings. The molecule has 1 rings (SSSR count). The third-order valence-corrected chi connectivity index (χ3v) is 2.03. The number of hydrogen-bond acceptors (Lipinski definition) is 4. The molecule has 6 heteroatoms. The zero-order chi connectivity index (χ0) is 12.3. The third kappa shape index (κ3) is 2.82. The Morgan fingerprint density at radius 1 is 1.56 bits per heavy atom. The Labute approximate surface area is 92.8 Å². The van der Waals surface area contributed by atoms with Crippen LogP contribution in [0.4, 0.5) is 0 Å². The Morgan fingerprint density at radius 3 is 2.56 bits per heavy atom. The van der Waals surface area contributed by atoms with Crippen LogP contribution >= 0.6 is 0 Å². The zero-order valence-corrected chi connectivity index (χ0v) is 9.43. The van der Waals surface area contributed by atoms with E-state index in [2.05, 4.69) is 5.16 Å². The fraction of sp³-hybridized carbons (Fsp3) is 0.500. The third-order valence-electron chi connectivity index (χ3n) is 2.03. The highest BCUT2D eigenvalue weighted by molar-refractivity contribution is 5.93. The highest BCUT2D eigenvalue weighted by Crippen LogP contribution is 2.09. The van der Waals surface area contributed by atoms with E-state index in [0.717, 1.165) is 0 Å². The maximum Gasteiger partial charge on any atom is 0.323 e. The highest BCUT2D eigenvalue weighted by atomic mass is 16.5. The second-order valence-electron chi connectivity index (χ2n) is 3.75. The summed E-state index contributed by atoms with van der Waals surface area (Å²) < 4.78 is 4.80. The van der Waals surface area contributed by atoms with Gasteiger partial charge in [0.2, 0.25) is 5.76 Å². The van der Waals surface area contributed by atoms with Crippen LogP contribution in [-0.4, -0.2) is 39.6 Å². The lowest BCUT2D eigenvalue weighted by Crippen LogP contribution is -2.40. The maximum absolute atomic E-state index is 11.9. The first-order chi connectivity index (χ1) is 7.41. The average Bonchev–Trinajstić information content (AvgIpc) is 2.59. The molecular formula is C10H14N2O4. The van der Waals surface area contributed by atoms with Gasteiger partial charge in [0.05, 0.1) is 5.69 Å². The van der Waals surface area contributed by atoms with Gasteiger partial charge in [0.15, 0.2) is 0 Å². The summed E-state index contributed by atoms with van der Waals surface area (Å²) >= 11 is 0. The Bertz CT molecular complexity index is 397. The van der Waals surface area contributed by atoms with E-state index in [1.807, 2.05) is 0 Å². The van der Waals surface area contributed by atoms with Gasteiger partial charge >= 0.3 is 5.97 Å². The Morgan fingerprint density at radius 2 is 2.19 bits per heavy atom. The molecule has 0 atom stereocenters. The van der Waals surface area contributed by atoms with Crippen molar-refractivity contribution in [2.75, 3.05) is 6.54 Å². The summed E-state index contributed by atoms with van der Waals surface area (Å²) in [4.78, 5) is 23.7. The van der Waals surface area contributed by atoms with Crippen LogP contribution in [0.15, 0.2) is 10.6 Å². The van der Waals surface area contributed by atoms with E-state index in [0.29, 0.717) is 5.69 Å². The van der Waals surface area contributed by atoms with Crippen molar-refractivity contribution < 1.29 is 19.2 Å². The Hall–Kier alpha value is -1.85. The summed E-state index contributed by atoms with van der Waals surface area (Å²) in [5, 5.41) is 12.3. The molecule has 16 heavy (non-hydrogen) atoms. The van der Waals surface area contributed by atoms with Gasteiger partial charge in [-0.25, -0.2) is 0 Å². The van der Waals surface area contributed by atoms with Gasteiger partial charge < -0.3 is 14.5 Å². The van der Waals surface area contributed by atoms with Crippen molar-refractivity contribution >= 4 is 11.9 Å². The van der Waals surface area contributed by atoms with E-state index in [-0.39, 0.29) is 18.3 Å². The van der Waals surface area contributed by atoms with E-state index in [9.17, 15) is 9.59 Å². The smallest absolute Gasteiger partial charge is 0.323 e. The van der Waals surface area contributed by atoms with Gasteiger partial charge in [0.1, 0.15) is 6.54 Å². The molecule has 0 unspecified atom stereocenters. The molecule has 0 aromatic carbocycles. The lowest BCUT2D eigenvalue weighted by molar-refractivity contribution is -0.138. The Balaban J connectivity index is 2.87. The second-order valence-corrected chi connectivity index (χ2v) is 3.75. The topological polar surface area (TPSA) is 83.6 Å². The molecular weight excluding hydrogens is 212 g/mol. The van der Waals surface area contributed by atoms with E-state index in [1.54, 1.807) is 20.8 Å². The summed E-state index contributed by atoms with van der Waals surface area (Å²) in [5.74, 6) is -1.45. The molecule has 0 bridgehead atoms. The molecule has 1 amide bonds. The first-order valence-electron chi connectivity index (χ1n) is 4.88. The van der Waals surface area contributed by atoms with Gasteiger partial charge in [-0.3, -0.25) is 9.59 Å². The number of hydrogen-bond donors (Lipinski definition) is 1. The fourth-order valence-electron chi connectivity index (χ4n) is 1.24. The molecule has 1 heterocycles. The second kappa shape index (κ2) is 4.78. The van der Waals surface area contributed by atoms with Crippen molar-refractivity contribution in [3.05, 3.63) is 17.5 Å². The molecule has 0 radical (unpaired) electrons. The van der Waals surface area contributed by atoms with Crippen LogP contribution < -0.4 is 0 Å². The quantitative estimate of drug-likeness (QED) is 0.825. The predicted octanol–water partition coefficient (Wildman–Crippen LogP) is 0.918. The molecule has 0 saturated heterocycles. The number of aryl methyl sites for hydroxylation is 1. The van der Waals surface area contributed by atoms with Gasteiger partial charge in [-0.15, -0.1) is 0 Å².